The number of esters is 2. The van der Waals surface area contributed by atoms with Gasteiger partial charge in [-0.05, 0) is 32.8 Å². The smallest absolute Gasteiger partial charge is 0.330 e. The van der Waals surface area contributed by atoms with Gasteiger partial charge in [-0.3, -0.25) is 14.4 Å². The highest BCUT2D eigenvalue weighted by atomic mass is 16.5. The van der Waals surface area contributed by atoms with E-state index in [-0.39, 0.29) is 26.1 Å². The molecule has 1 atom stereocenters. The largest absolute Gasteiger partial charge is 0.465 e. The zero-order chi connectivity index (χ0) is 15.9. The van der Waals surface area contributed by atoms with E-state index in [0.29, 0.717) is 12.8 Å². The molecular weight excluding hydrogens is 276 g/mol. The first-order valence-electron chi connectivity index (χ1n) is 7.08. The fourth-order valence-corrected chi connectivity index (χ4v) is 2.34. The van der Waals surface area contributed by atoms with Gasteiger partial charge in [0.15, 0.2) is 17.0 Å². The number of ether oxygens (including phenoxy) is 2. The van der Waals surface area contributed by atoms with Gasteiger partial charge >= 0.3 is 11.9 Å². The molecule has 0 N–H and O–H groups in total. The molecule has 6 nitrogen and oxygen atoms in total. The summed E-state index contributed by atoms with van der Waals surface area (Å²) < 4.78 is 9.57. The molecular formula is C15H20O6. The Kier molecular flexibility index (Phi) is 6.27. The van der Waals surface area contributed by atoms with Crippen LogP contribution in [0, 0.1) is 5.41 Å². The minimum absolute atomic E-state index is 0.0860. The molecule has 0 bridgehead atoms. The molecule has 0 aromatic carbocycles. The lowest BCUT2D eigenvalue weighted by Gasteiger charge is -2.30. The summed E-state index contributed by atoms with van der Waals surface area (Å²) in [5.41, 5.74) is -1.79. The Morgan fingerprint density at radius 2 is 1.76 bits per heavy atom. The number of rotatable bonds is 6. The number of allylic oxidation sites excluding steroid dienone is 1. The van der Waals surface area contributed by atoms with Crippen molar-refractivity contribution < 1.29 is 28.7 Å². The van der Waals surface area contributed by atoms with Crippen molar-refractivity contribution in [1.29, 1.82) is 0 Å². The number of carbonyl (C=O) groups is 4. The van der Waals surface area contributed by atoms with Crippen LogP contribution in [0.5, 0.6) is 0 Å². The molecule has 6 heteroatoms. The lowest BCUT2D eigenvalue weighted by Crippen LogP contribution is -2.48. The van der Waals surface area contributed by atoms with Crippen molar-refractivity contribution >= 4 is 23.5 Å². The standard InChI is InChI=1S/C15H20O6/c1-3-20-13(18)9-8-12(17)15(14(19)21-4-2)10-6-5-7-11(15)16/h8-9H,3-7,10H2,1-2H3/b9-8+. The number of carbonyl (C=O) groups excluding carboxylic acids is 4. The summed E-state index contributed by atoms with van der Waals surface area (Å²) in [7, 11) is 0. The normalized spacial score (nSPS) is 22.1. The lowest BCUT2D eigenvalue weighted by atomic mass is 9.70. The minimum Gasteiger partial charge on any atom is -0.465 e. The van der Waals surface area contributed by atoms with E-state index in [1.165, 1.54) is 0 Å². The Balaban J connectivity index is 3.01. The van der Waals surface area contributed by atoms with Crippen molar-refractivity contribution in [1.82, 2.24) is 0 Å². The maximum Gasteiger partial charge on any atom is 0.330 e. The van der Waals surface area contributed by atoms with E-state index in [1.807, 2.05) is 0 Å². The highest BCUT2D eigenvalue weighted by molar-refractivity contribution is 6.26. The lowest BCUT2D eigenvalue weighted by molar-refractivity contribution is -0.165. The number of hydrogen-bond donors (Lipinski definition) is 0. The Hall–Kier alpha value is -1.98. The van der Waals surface area contributed by atoms with E-state index in [0.717, 1.165) is 12.2 Å². The van der Waals surface area contributed by atoms with Gasteiger partial charge in [0.2, 0.25) is 0 Å². The molecule has 1 rings (SSSR count). The molecule has 0 aromatic heterocycles. The molecule has 0 aliphatic heterocycles. The molecule has 116 valence electrons. The average molecular weight is 296 g/mol. The Bertz CT molecular complexity index is 465. The van der Waals surface area contributed by atoms with Crippen LogP contribution in [0.4, 0.5) is 0 Å². The highest BCUT2D eigenvalue weighted by Crippen LogP contribution is 2.36. The molecule has 1 saturated carbocycles. The maximum atomic E-state index is 12.3. The van der Waals surface area contributed by atoms with Crippen molar-refractivity contribution in [2.75, 3.05) is 13.2 Å². The molecule has 0 amide bonds. The summed E-state index contributed by atoms with van der Waals surface area (Å²) in [5.74, 6) is -2.66. The van der Waals surface area contributed by atoms with E-state index in [2.05, 4.69) is 4.74 Å². The van der Waals surface area contributed by atoms with Crippen LogP contribution >= 0.6 is 0 Å². The first kappa shape index (κ1) is 17.1. The Labute approximate surface area is 123 Å². The van der Waals surface area contributed by atoms with Gasteiger partial charge in [-0.1, -0.05) is 6.42 Å². The fraction of sp³-hybridized carbons (Fsp3) is 0.600. The molecule has 1 aliphatic carbocycles. The maximum absolute atomic E-state index is 12.3. The zero-order valence-corrected chi connectivity index (χ0v) is 12.3. The van der Waals surface area contributed by atoms with Gasteiger partial charge in [-0.15, -0.1) is 0 Å². The van der Waals surface area contributed by atoms with Crippen molar-refractivity contribution in [3.63, 3.8) is 0 Å². The van der Waals surface area contributed by atoms with Gasteiger partial charge in [-0.25, -0.2) is 4.79 Å². The van der Waals surface area contributed by atoms with E-state index < -0.39 is 28.9 Å². The third kappa shape index (κ3) is 3.77. The van der Waals surface area contributed by atoms with Crippen molar-refractivity contribution in [2.24, 2.45) is 5.41 Å². The molecule has 0 radical (unpaired) electrons. The predicted molar refractivity (Wildman–Crippen MR) is 73.3 cm³/mol. The van der Waals surface area contributed by atoms with Gasteiger partial charge in [-0.2, -0.15) is 0 Å². The number of hydrogen-bond acceptors (Lipinski definition) is 6. The van der Waals surface area contributed by atoms with Crippen LogP contribution in [0.3, 0.4) is 0 Å². The summed E-state index contributed by atoms with van der Waals surface area (Å²) in [4.78, 5) is 47.9. The first-order chi connectivity index (χ1) is 9.98. The summed E-state index contributed by atoms with van der Waals surface area (Å²) in [6, 6.07) is 0. The third-order valence-electron chi connectivity index (χ3n) is 3.38. The van der Waals surface area contributed by atoms with Crippen molar-refractivity contribution in [3.05, 3.63) is 12.2 Å². The molecule has 1 unspecified atom stereocenters. The summed E-state index contributed by atoms with van der Waals surface area (Å²) in [6.07, 6.45) is 3.40. The van der Waals surface area contributed by atoms with E-state index in [9.17, 15) is 19.2 Å². The third-order valence-corrected chi connectivity index (χ3v) is 3.38. The molecule has 1 fully saturated rings. The van der Waals surface area contributed by atoms with Crippen LogP contribution in [0.15, 0.2) is 12.2 Å². The number of Topliss-reactive ketones (excluding diaryl/α,β-unsaturated/α-hetero) is 1. The van der Waals surface area contributed by atoms with E-state index >= 15 is 0 Å². The summed E-state index contributed by atoms with van der Waals surface area (Å²) >= 11 is 0. The van der Waals surface area contributed by atoms with Gasteiger partial charge in [0.25, 0.3) is 0 Å². The highest BCUT2D eigenvalue weighted by Gasteiger charge is 2.53. The first-order valence-corrected chi connectivity index (χ1v) is 7.08. The second-order valence-corrected chi connectivity index (χ2v) is 4.71. The van der Waals surface area contributed by atoms with E-state index in [4.69, 9.17) is 4.74 Å². The van der Waals surface area contributed by atoms with Gasteiger partial charge < -0.3 is 9.47 Å². The average Bonchev–Trinajstić information content (AvgIpc) is 2.46. The molecule has 1 aliphatic rings. The topological polar surface area (TPSA) is 86.7 Å². The van der Waals surface area contributed by atoms with Crippen LogP contribution < -0.4 is 0 Å². The second kappa shape index (κ2) is 7.71. The van der Waals surface area contributed by atoms with Crippen LogP contribution in [-0.4, -0.2) is 36.7 Å². The van der Waals surface area contributed by atoms with Crippen molar-refractivity contribution in [2.45, 2.75) is 39.5 Å². The molecule has 0 aromatic rings. The van der Waals surface area contributed by atoms with Crippen LogP contribution in [0.1, 0.15) is 39.5 Å². The van der Waals surface area contributed by atoms with Gasteiger partial charge in [0.05, 0.1) is 13.2 Å². The molecule has 0 saturated heterocycles. The monoisotopic (exact) mass is 296 g/mol. The summed E-state index contributed by atoms with van der Waals surface area (Å²) in [6.45, 7) is 3.51. The predicted octanol–water partition coefficient (Wildman–Crippen LogP) is 1.37. The van der Waals surface area contributed by atoms with Crippen LogP contribution in [-0.2, 0) is 28.7 Å². The van der Waals surface area contributed by atoms with E-state index in [1.54, 1.807) is 13.8 Å². The van der Waals surface area contributed by atoms with Crippen LogP contribution in [0.25, 0.3) is 0 Å². The van der Waals surface area contributed by atoms with Gasteiger partial charge in [0, 0.05) is 12.5 Å². The Morgan fingerprint density at radius 3 is 2.33 bits per heavy atom. The number of ketones is 2. The Morgan fingerprint density at radius 1 is 1.10 bits per heavy atom. The molecule has 0 heterocycles. The second-order valence-electron chi connectivity index (χ2n) is 4.71. The van der Waals surface area contributed by atoms with Crippen LogP contribution in [0.2, 0.25) is 0 Å². The SMILES string of the molecule is CCOC(=O)/C=C/C(=O)C1(C(=O)OCC)CCCCC1=O. The molecule has 0 spiro atoms. The summed E-state index contributed by atoms with van der Waals surface area (Å²) in [5, 5.41) is 0. The zero-order valence-electron chi connectivity index (χ0n) is 12.3. The van der Waals surface area contributed by atoms with Crippen molar-refractivity contribution in [3.8, 4) is 0 Å². The quantitative estimate of drug-likeness (QED) is 0.418. The minimum atomic E-state index is -1.79. The molecule has 21 heavy (non-hydrogen) atoms. The fourth-order valence-electron chi connectivity index (χ4n) is 2.34. The van der Waals surface area contributed by atoms with Gasteiger partial charge in [0.1, 0.15) is 0 Å².